The number of halogens is 1. The van der Waals surface area contributed by atoms with Crippen molar-refractivity contribution >= 4 is 17.6 Å². The summed E-state index contributed by atoms with van der Waals surface area (Å²) in [6.45, 7) is 10.3. The standard InChI is InChI=1S/C25H40FN7O2/c1-3-25(2)6-4-17(26)13-30-19(12-25)22(23(27)28)24(34)31-20-14-29-7-5-21(20)33-10-8-32(9-11-33)18-15-35-16-18/h18-19,21-23H,3-12,15-16,27-28H2,1-2H3,(H,31,34)/t19?,21-,22?,25-/m1/s1. The van der Waals surface area contributed by atoms with E-state index in [1.54, 1.807) is 0 Å². The monoisotopic (exact) mass is 489 g/mol. The highest BCUT2D eigenvalue weighted by atomic mass is 19.1. The number of hydrogen-bond acceptors (Lipinski definition) is 8. The minimum absolute atomic E-state index is 0.0324. The fourth-order valence-electron chi connectivity index (χ4n) is 5.49. The Labute approximate surface area is 207 Å². The van der Waals surface area contributed by atoms with Crippen LogP contribution in [0.25, 0.3) is 0 Å². The maximum absolute atomic E-state index is 14.2. The highest BCUT2D eigenvalue weighted by Crippen LogP contribution is 2.38. The minimum Gasteiger partial charge on any atom is -0.378 e. The average Bonchev–Trinajstić information content (AvgIpc) is 2.80. The number of rotatable bonds is 7. The first kappa shape index (κ1) is 26.2. The molecule has 0 spiro atoms. The van der Waals surface area contributed by atoms with Crippen LogP contribution in [0.3, 0.4) is 0 Å². The fraction of sp³-hybridized carbons (Fsp3) is 0.800. The number of aliphatic imine (C=N–C) groups is 2. The molecule has 0 aromatic carbocycles. The van der Waals surface area contributed by atoms with Crippen LogP contribution in [0, 0.1) is 11.3 Å². The average molecular weight is 490 g/mol. The number of piperazine rings is 1. The summed E-state index contributed by atoms with van der Waals surface area (Å²) < 4.78 is 19.5. The number of amides is 1. The van der Waals surface area contributed by atoms with Gasteiger partial charge in [-0.3, -0.25) is 14.6 Å². The zero-order valence-electron chi connectivity index (χ0n) is 21.0. The number of nitrogens with one attached hydrogen (secondary N) is 1. The largest absolute Gasteiger partial charge is 0.378 e. The molecule has 4 rings (SSSR count). The van der Waals surface area contributed by atoms with Crippen LogP contribution < -0.4 is 16.8 Å². The second-order valence-electron chi connectivity index (χ2n) is 10.6. The summed E-state index contributed by atoms with van der Waals surface area (Å²) >= 11 is 0. The predicted octanol–water partition coefficient (Wildman–Crippen LogP) is 0.797. The molecule has 2 saturated heterocycles. The molecule has 4 atom stereocenters. The highest BCUT2D eigenvalue weighted by Gasteiger charge is 2.39. The Balaban J connectivity index is 1.47. The maximum Gasteiger partial charge on any atom is 0.232 e. The normalized spacial score (nSPS) is 31.8. The zero-order valence-corrected chi connectivity index (χ0v) is 21.0. The van der Waals surface area contributed by atoms with Crippen molar-refractivity contribution in [2.45, 2.75) is 70.2 Å². The van der Waals surface area contributed by atoms with Crippen molar-refractivity contribution in [3.63, 3.8) is 0 Å². The van der Waals surface area contributed by atoms with E-state index in [0.717, 1.165) is 52.2 Å². The van der Waals surface area contributed by atoms with E-state index in [-0.39, 0.29) is 17.4 Å². The molecule has 2 unspecified atom stereocenters. The molecular weight excluding hydrogens is 449 g/mol. The van der Waals surface area contributed by atoms with Gasteiger partial charge in [0.2, 0.25) is 5.91 Å². The van der Waals surface area contributed by atoms with E-state index in [2.05, 4.69) is 50.7 Å². The second-order valence-corrected chi connectivity index (χ2v) is 10.6. The predicted molar refractivity (Wildman–Crippen MR) is 134 cm³/mol. The summed E-state index contributed by atoms with van der Waals surface area (Å²) in [5.74, 6) is 4.02. The van der Waals surface area contributed by atoms with Crippen LogP contribution in [0.2, 0.25) is 0 Å². The Bertz CT molecular complexity index is 899. The molecule has 35 heavy (non-hydrogen) atoms. The summed E-state index contributed by atoms with van der Waals surface area (Å²) in [5, 5.41) is 3.04. The SMILES string of the molecule is CC[C@]1(C)CCC(F)=C=NC(C(C(=O)NC2=C=NCC[C@H]2N2CCN(C3COC3)CC2)C(N)N)C1. The minimum atomic E-state index is -0.943. The van der Waals surface area contributed by atoms with Crippen LogP contribution in [0.15, 0.2) is 21.5 Å². The molecule has 9 nitrogen and oxygen atoms in total. The van der Waals surface area contributed by atoms with Gasteiger partial charge in [-0.15, -0.1) is 0 Å². The third kappa shape index (κ3) is 6.27. The van der Waals surface area contributed by atoms with Crippen molar-refractivity contribution < 1.29 is 13.9 Å². The number of nitrogens with two attached hydrogens (primary N) is 2. The quantitative estimate of drug-likeness (QED) is 0.455. The molecule has 0 aromatic heterocycles. The van der Waals surface area contributed by atoms with Crippen molar-refractivity contribution in [2.24, 2.45) is 32.8 Å². The van der Waals surface area contributed by atoms with Gasteiger partial charge >= 0.3 is 0 Å². The lowest BCUT2D eigenvalue weighted by molar-refractivity contribution is -0.126. The smallest absolute Gasteiger partial charge is 0.232 e. The molecule has 5 N–H and O–H groups in total. The van der Waals surface area contributed by atoms with Crippen molar-refractivity contribution in [3.05, 3.63) is 11.5 Å². The lowest BCUT2D eigenvalue weighted by Crippen LogP contribution is -2.59. The Morgan fingerprint density at radius 2 is 1.97 bits per heavy atom. The van der Waals surface area contributed by atoms with Crippen molar-refractivity contribution in [2.75, 3.05) is 45.9 Å². The third-order valence-corrected chi connectivity index (χ3v) is 8.22. The first-order valence-electron chi connectivity index (χ1n) is 12.9. The lowest BCUT2D eigenvalue weighted by atomic mass is 9.74. The van der Waals surface area contributed by atoms with Crippen LogP contribution in [0.1, 0.15) is 46.0 Å². The highest BCUT2D eigenvalue weighted by molar-refractivity contribution is 5.84. The Kier molecular flexibility index (Phi) is 8.55. The van der Waals surface area contributed by atoms with E-state index in [9.17, 15) is 9.18 Å². The third-order valence-electron chi connectivity index (χ3n) is 8.22. The van der Waals surface area contributed by atoms with Gasteiger partial charge in [0.15, 0.2) is 5.83 Å². The molecule has 10 heteroatoms. The van der Waals surface area contributed by atoms with Crippen LogP contribution >= 0.6 is 0 Å². The molecule has 194 valence electrons. The summed E-state index contributed by atoms with van der Waals surface area (Å²) in [7, 11) is 0. The Morgan fingerprint density at radius 1 is 1.26 bits per heavy atom. The first-order chi connectivity index (χ1) is 16.8. The molecule has 1 amide bonds. The van der Waals surface area contributed by atoms with Crippen LogP contribution in [0.5, 0.6) is 0 Å². The van der Waals surface area contributed by atoms with E-state index in [1.807, 2.05) is 0 Å². The maximum atomic E-state index is 14.2. The van der Waals surface area contributed by atoms with Gasteiger partial charge in [0.25, 0.3) is 0 Å². The number of allylic oxidation sites excluding steroid dienone is 1. The molecule has 0 bridgehead atoms. The molecule has 0 aliphatic carbocycles. The summed E-state index contributed by atoms with van der Waals surface area (Å²) in [4.78, 5) is 27.1. The summed E-state index contributed by atoms with van der Waals surface area (Å²) in [5.41, 5.74) is 12.7. The van der Waals surface area contributed by atoms with Gasteiger partial charge in [-0.2, -0.15) is 0 Å². The van der Waals surface area contributed by atoms with E-state index in [4.69, 9.17) is 16.2 Å². The fourth-order valence-corrected chi connectivity index (χ4v) is 5.49. The number of carbonyl (C=O) groups is 1. The molecule has 0 aromatic rings. The van der Waals surface area contributed by atoms with Gasteiger partial charge in [-0.25, -0.2) is 14.4 Å². The van der Waals surface area contributed by atoms with Crippen LogP contribution in [-0.4, -0.2) is 97.7 Å². The zero-order chi connectivity index (χ0) is 25.0. The Hall–Kier alpha value is -1.90. The van der Waals surface area contributed by atoms with Gasteiger partial charge < -0.3 is 21.5 Å². The van der Waals surface area contributed by atoms with Crippen molar-refractivity contribution in [3.8, 4) is 0 Å². The van der Waals surface area contributed by atoms with Gasteiger partial charge in [0.1, 0.15) is 0 Å². The van der Waals surface area contributed by atoms with Crippen molar-refractivity contribution in [1.29, 1.82) is 0 Å². The van der Waals surface area contributed by atoms with Crippen LogP contribution in [-0.2, 0) is 9.53 Å². The number of nitrogens with zero attached hydrogens (tertiary/aromatic N) is 4. The topological polar surface area (TPSA) is 122 Å². The van der Waals surface area contributed by atoms with E-state index in [1.165, 1.54) is 0 Å². The molecular formula is C25H40FN7O2. The lowest BCUT2D eigenvalue weighted by Gasteiger charge is -2.45. The number of hydrogen-bond donors (Lipinski definition) is 3. The van der Waals surface area contributed by atoms with Gasteiger partial charge in [-0.05, 0) is 24.7 Å². The first-order valence-corrected chi connectivity index (χ1v) is 12.9. The second kappa shape index (κ2) is 11.4. The number of ether oxygens (including phenoxy) is 1. The van der Waals surface area contributed by atoms with Gasteiger partial charge in [0.05, 0.1) is 55.7 Å². The van der Waals surface area contributed by atoms with Crippen LogP contribution in [0.4, 0.5) is 4.39 Å². The molecule has 0 radical (unpaired) electrons. The molecule has 2 fully saturated rings. The van der Waals surface area contributed by atoms with Crippen molar-refractivity contribution in [1.82, 2.24) is 15.1 Å². The van der Waals surface area contributed by atoms with E-state index >= 15 is 0 Å². The Morgan fingerprint density at radius 3 is 2.60 bits per heavy atom. The van der Waals surface area contributed by atoms with E-state index in [0.29, 0.717) is 37.5 Å². The van der Waals surface area contributed by atoms with E-state index < -0.39 is 24.0 Å². The van der Waals surface area contributed by atoms with Gasteiger partial charge in [-0.1, -0.05) is 20.3 Å². The molecule has 4 heterocycles. The number of carbonyl (C=O) groups excluding carboxylic acids is 1. The summed E-state index contributed by atoms with van der Waals surface area (Å²) in [6.07, 6.45) is 2.29. The molecule has 4 aliphatic heterocycles. The molecule has 4 aliphatic rings. The van der Waals surface area contributed by atoms with Gasteiger partial charge in [0, 0.05) is 44.3 Å². The molecule has 0 saturated carbocycles. The summed E-state index contributed by atoms with van der Waals surface area (Å²) in [6, 6.07) is 0.00685.